The van der Waals surface area contributed by atoms with Crippen LogP contribution in [-0.4, -0.2) is 32.4 Å². The van der Waals surface area contributed by atoms with Crippen LogP contribution < -0.4 is 19.9 Å². The van der Waals surface area contributed by atoms with E-state index in [1.807, 2.05) is 0 Å². The van der Waals surface area contributed by atoms with Gasteiger partial charge in [-0.05, 0) is 18.2 Å². The van der Waals surface area contributed by atoms with E-state index in [1.165, 1.54) is 38.6 Å². The van der Waals surface area contributed by atoms with Crippen LogP contribution in [0.2, 0.25) is 0 Å². The number of aromatic nitrogens is 2. The molecule has 3 aromatic rings. The second-order valence-corrected chi connectivity index (χ2v) is 7.98. The van der Waals surface area contributed by atoms with E-state index in [4.69, 9.17) is 15.2 Å². The number of nitrogens with zero attached hydrogens (tertiary/aromatic N) is 2. The van der Waals surface area contributed by atoms with Crippen LogP contribution in [0, 0.1) is 0 Å². The first-order valence-corrected chi connectivity index (χ1v) is 10.2. The zero-order valence-electron chi connectivity index (χ0n) is 16.2. The predicted octanol–water partition coefficient (Wildman–Crippen LogP) is 3.02. The number of halogens is 2. The van der Waals surface area contributed by atoms with Crippen molar-refractivity contribution in [2.24, 2.45) is 0 Å². The van der Waals surface area contributed by atoms with Gasteiger partial charge in [-0.25, -0.2) is 17.8 Å². The first kappa shape index (κ1) is 21.5. The third kappa shape index (κ3) is 4.52. The second kappa shape index (κ2) is 8.67. The maximum atomic E-state index is 13.0. The van der Waals surface area contributed by atoms with Crippen LogP contribution in [0.4, 0.5) is 14.5 Å². The fourth-order valence-corrected chi connectivity index (χ4v) is 4.10. The number of nitrogen functional groups attached to an aromatic ring is 1. The molecule has 0 spiro atoms. The highest BCUT2D eigenvalue weighted by molar-refractivity contribution is 7.89. The van der Waals surface area contributed by atoms with Gasteiger partial charge in [0.25, 0.3) is 0 Å². The molecule has 0 aliphatic rings. The highest BCUT2D eigenvalue weighted by Gasteiger charge is 2.22. The topological polar surface area (TPSA) is 108 Å². The Balaban J connectivity index is 1.93. The van der Waals surface area contributed by atoms with Crippen LogP contribution in [0.25, 0.3) is 11.1 Å². The highest BCUT2D eigenvalue weighted by atomic mass is 32.2. The Kier molecular flexibility index (Phi) is 6.22. The molecular weight excluding hydrogens is 418 g/mol. The van der Waals surface area contributed by atoms with Gasteiger partial charge < -0.3 is 15.2 Å². The van der Waals surface area contributed by atoms with Crippen molar-refractivity contribution < 1.29 is 26.7 Å². The SMILES string of the molecule is COc1ccc(CNS(=O)(=O)c2cc(N)ccc2-c2cnn(C(F)F)c2)c(OC)c1. The largest absolute Gasteiger partial charge is 0.497 e. The van der Waals surface area contributed by atoms with Crippen LogP contribution in [-0.2, 0) is 16.6 Å². The summed E-state index contributed by atoms with van der Waals surface area (Å²) in [5.74, 6) is 1.01. The number of nitrogens with one attached hydrogen (secondary N) is 1. The molecule has 0 atom stereocenters. The van der Waals surface area contributed by atoms with Gasteiger partial charge in [0.15, 0.2) is 0 Å². The third-order valence-electron chi connectivity index (χ3n) is 4.35. The standard InChI is InChI=1S/C19H20F2N4O4S/c1-28-15-5-3-12(17(8-15)29-2)10-24-30(26,27)18-7-14(22)4-6-16(18)13-9-23-25(11-13)19(20)21/h3-9,11,19,24H,10,22H2,1-2H3. The molecule has 0 unspecified atom stereocenters. The van der Waals surface area contributed by atoms with E-state index < -0.39 is 16.6 Å². The van der Waals surface area contributed by atoms with Gasteiger partial charge >= 0.3 is 6.55 Å². The number of rotatable bonds is 8. The number of benzene rings is 2. The minimum Gasteiger partial charge on any atom is -0.497 e. The quantitative estimate of drug-likeness (QED) is 0.524. The summed E-state index contributed by atoms with van der Waals surface area (Å²) >= 11 is 0. The lowest BCUT2D eigenvalue weighted by molar-refractivity contribution is 0.0566. The predicted molar refractivity (Wildman–Crippen MR) is 107 cm³/mol. The van der Waals surface area contributed by atoms with Gasteiger partial charge in [-0.1, -0.05) is 12.1 Å². The number of alkyl halides is 2. The maximum Gasteiger partial charge on any atom is 0.333 e. The smallest absolute Gasteiger partial charge is 0.333 e. The van der Waals surface area contributed by atoms with Gasteiger partial charge in [-0.3, -0.25) is 0 Å². The molecule has 3 N–H and O–H groups in total. The van der Waals surface area contributed by atoms with Crippen molar-refractivity contribution in [1.29, 1.82) is 0 Å². The van der Waals surface area contributed by atoms with E-state index in [2.05, 4.69) is 9.82 Å². The Bertz CT molecular complexity index is 1150. The summed E-state index contributed by atoms with van der Waals surface area (Å²) in [6.45, 7) is -2.91. The number of anilines is 1. The molecule has 2 aromatic carbocycles. The summed E-state index contributed by atoms with van der Waals surface area (Å²) in [7, 11) is -1.08. The van der Waals surface area contributed by atoms with Crippen LogP contribution in [0.5, 0.6) is 11.5 Å². The minimum atomic E-state index is -4.05. The number of sulfonamides is 1. The first-order valence-electron chi connectivity index (χ1n) is 8.68. The number of ether oxygens (including phenoxy) is 2. The Morgan fingerprint density at radius 1 is 1.17 bits per heavy atom. The summed E-state index contributed by atoms with van der Waals surface area (Å²) in [6.07, 6.45) is 2.24. The van der Waals surface area contributed by atoms with Crippen molar-refractivity contribution in [3.63, 3.8) is 0 Å². The van der Waals surface area contributed by atoms with Crippen molar-refractivity contribution in [1.82, 2.24) is 14.5 Å². The Hall–Kier alpha value is -3.18. The van der Waals surface area contributed by atoms with Crippen molar-refractivity contribution in [2.75, 3.05) is 20.0 Å². The molecule has 0 amide bonds. The summed E-state index contributed by atoms with van der Waals surface area (Å²) < 4.78 is 65.1. The number of hydrogen-bond donors (Lipinski definition) is 2. The fourth-order valence-electron chi connectivity index (χ4n) is 2.83. The molecule has 0 saturated heterocycles. The van der Waals surface area contributed by atoms with Crippen molar-refractivity contribution >= 4 is 15.7 Å². The van der Waals surface area contributed by atoms with Crippen LogP contribution in [0.1, 0.15) is 12.1 Å². The van der Waals surface area contributed by atoms with Crippen molar-refractivity contribution in [3.05, 3.63) is 54.4 Å². The zero-order valence-corrected chi connectivity index (χ0v) is 17.0. The molecule has 0 aliphatic heterocycles. The molecule has 160 valence electrons. The lowest BCUT2D eigenvalue weighted by Gasteiger charge is -2.14. The minimum absolute atomic E-state index is 0.0694. The summed E-state index contributed by atoms with van der Waals surface area (Å²) in [6, 6.07) is 9.19. The molecule has 0 aliphatic carbocycles. The van der Waals surface area contributed by atoms with Gasteiger partial charge in [0.2, 0.25) is 10.0 Å². The molecule has 8 nitrogen and oxygen atoms in total. The normalized spacial score (nSPS) is 11.6. The lowest BCUT2D eigenvalue weighted by Crippen LogP contribution is -2.24. The van der Waals surface area contributed by atoms with Gasteiger partial charge in [-0.2, -0.15) is 13.9 Å². The Morgan fingerprint density at radius 2 is 1.93 bits per heavy atom. The van der Waals surface area contributed by atoms with Gasteiger partial charge in [-0.15, -0.1) is 0 Å². The van der Waals surface area contributed by atoms with Crippen LogP contribution in [0.15, 0.2) is 53.7 Å². The summed E-state index contributed by atoms with van der Waals surface area (Å²) in [5, 5.41) is 3.56. The number of nitrogens with two attached hydrogens (primary N) is 1. The van der Waals surface area contributed by atoms with Gasteiger partial charge in [0.1, 0.15) is 11.5 Å². The maximum absolute atomic E-state index is 13.0. The Labute approximate surface area is 172 Å². The fraction of sp³-hybridized carbons (Fsp3) is 0.211. The number of methoxy groups -OCH3 is 2. The molecule has 1 aromatic heterocycles. The molecule has 11 heteroatoms. The molecule has 0 saturated carbocycles. The van der Waals surface area contributed by atoms with E-state index in [0.717, 1.165) is 6.20 Å². The van der Waals surface area contributed by atoms with Crippen molar-refractivity contribution in [2.45, 2.75) is 18.0 Å². The van der Waals surface area contributed by atoms with E-state index in [9.17, 15) is 17.2 Å². The van der Waals surface area contributed by atoms with E-state index >= 15 is 0 Å². The first-order chi connectivity index (χ1) is 14.2. The van der Waals surface area contributed by atoms with E-state index in [0.29, 0.717) is 21.7 Å². The second-order valence-electron chi connectivity index (χ2n) is 6.24. The van der Waals surface area contributed by atoms with Gasteiger partial charge in [0.05, 0.1) is 25.3 Å². The Morgan fingerprint density at radius 3 is 2.57 bits per heavy atom. The van der Waals surface area contributed by atoms with Crippen molar-refractivity contribution in [3.8, 4) is 22.6 Å². The molecule has 3 rings (SSSR count). The average Bonchev–Trinajstić information content (AvgIpc) is 3.22. The molecule has 0 radical (unpaired) electrons. The number of hydrogen-bond acceptors (Lipinski definition) is 6. The lowest BCUT2D eigenvalue weighted by atomic mass is 10.1. The molecule has 1 heterocycles. The monoisotopic (exact) mass is 438 g/mol. The molecular formula is C19H20F2N4O4S. The third-order valence-corrected chi connectivity index (χ3v) is 5.80. The van der Waals surface area contributed by atoms with E-state index in [-0.39, 0.29) is 28.3 Å². The summed E-state index contributed by atoms with van der Waals surface area (Å²) in [5.41, 5.74) is 6.98. The van der Waals surface area contributed by atoms with Crippen LogP contribution in [0.3, 0.4) is 0 Å². The molecule has 30 heavy (non-hydrogen) atoms. The average molecular weight is 438 g/mol. The van der Waals surface area contributed by atoms with Gasteiger partial charge in [0, 0.05) is 41.2 Å². The molecule has 0 bridgehead atoms. The highest BCUT2D eigenvalue weighted by Crippen LogP contribution is 2.30. The van der Waals surface area contributed by atoms with Crippen LogP contribution >= 0.6 is 0 Å². The molecule has 0 fully saturated rings. The summed E-state index contributed by atoms with van der Waals surface area (Å²) in [4.78, 5) is -0.149. The zero-order chi connectivity index (χ0) is 21.9. The van der Waals surface area contributed by atoms with E-state index in [1.54, 1.807) is 18.2 Å².